The van der Waals surface area contributed by atoms with Gasteiger partial charge in [0, 0.05) is 18.1 Å². The maximum atomic E-state index is 13.0. The Hall–Kier alpha value is -1.14. The van der Waals surface area contributed by atoms with E-state index in [2.05, 4.69) is 21.2 Å². The van der Waals surface area contributed by atoms with Crippen molar-refractivity contribution in [2.75, 3.05) is 18.9 Å². The highest BCUT2D eigenvalue weighted by molar-refractivity contribution is 9.10. The summed E-state index contributed by atoms with van der Waals surface area (Å²) in [6.07, 6.45) is 0.0370. The van der Waals surface area contributed by atoms with Gasteiger partial charge in [0.1, 0.15) is 5.82 Å². The first-order chi connectivity index (χ1) is 8.40. The van der Waals surface area contributed by atoms with Crippen LogP contribution in [0.3, 0.4) is 0 Å². The van der Waals surface area contributed by atoms with Gasteiger partial charge >= 0.3 is 6.03 Å². The monoisotopic (exact) mass is 318 g/mol. The SMILES string of the molecule is CC(O)CCN(C)C(=O)Nc1cc(F)ccc1Br. The van der Waals surface area contributed by atoms with Crippen molar-refractivity contribution < 1.29 is 14.3 Å². The zero-order valence-electron chi connectivity index (χ0n) is 10.3. The van der Waals surface area contributed by atoms with Crippen molar-refractivity contribution in [1.29, 1.82) is 0 Å². The maximum absolute atomic E-state index is 13.0. The minimum absolute atomic E-state index is 0.345. The zero-order valence-corrected chi connectivity index (χ0v) is 11.9. The molecule has 0 aromatic heterocycles. The Morgan fingerprint density at radius 1 is 1.61 bits per heavy atom. The zero-order chi connectivity index (χ0) is 13.7. The van der Waals surface area contributed by atoms with Crippen molar-refractivity contribution in [1.82, 2.24) is 4.90 Å². The second kappa shape index (κ2) is 6.70. The van der Waals surface area contributed by atoms with Crippen molar-refractivity contribution >= 4 is 27.6 Å². The smallest absolute Gasteiger partial charge is 0.321 e. The quantitative estimate of drug-likeness (QED) is 0.897. The minimum Gasteiger partial charge on any atom is -0.393 e. The molecule has 0 heterocycles. The molecule has 1 atom stereocenters. The van der Waals surface area contributed by atoms with E-state index in [9.17, 15) is 9.18 Å². The molecule has 0 aliphatic heterocycles. The van der Waals surface area contributed by atoms with Gasteiger partial charge in [-0.05, 0) is 47.5 Å². The van der Waals surface area contributed by atoms with Crippen LogP contribution in [0, 0.1) is 5.82 Å². The van der Waals surface area contributed by atoms with Gasteiger partial charge in [0.15, 0.2) is 0 Å². The number of benzene rings is 1. The predicted molar refractivity (Wildman–Crippen MR) is 72.0 cm³/mol. The molecular weight excluding hydrogens is 303 g/mol. The predicted octanol–water partition coefficient (Wildman–Crippen LogP) is 2.82. The number of hydrogen-bond acceptors (Lipinski definition) is 2. The Morgan fingerprint density at radius 3 is 2.89 bits per heavy atom. The van der Waals surface area contributed by atoms with Crippen molar-refractivity contribution in [3.8, 4) is 0 Å². The Bertz CT molecular complexity index is 427. The van der Waals surface area contributed by atoms with E-state index in [1.165, 1.54) is 23.1 Å². The van der Waals surface area contributed by atoms with Gasteiger partial charge in [0.2, 0.25) is 0 Å². The van der Waals surface area contributed by atoms with Crippen LogP contribution in [0.1, 0.15) is 13.3 Å². The second-order valence-electron chi connectivity index (χ2n) is 4.11. The van der Waals surface area contributed by atoms with E-state index < -0.39 is 11.9 Å². The highest BCUT2D eigenvalue weighted by atomic mass is 79.9. The van der Waals surface area contributed by atoms with Crippen LogP contribution < -0.4 is 5.32 Å². The van der Waals surface area contributed by atoms with Gasteiger partial charge < -0.3 is 15.3 Å². The average molecular weight is 319 g/mol. The number of nitrogens with one attached hydrogen (secondary N) is 1. The Kier molecular flexibility index (Phi) is 5.55. The molecule has 6 heteroatoms. The van der Waals surface area contributed by atoms with E-state index in [1.54, 1.807) is 14.0 Å². The standard InChI is InChI=1S/C12H16BrFN2O2/c1-8(17)5-6-16(2)12(18)15-11-7-9(14)3-4-10(11)13/h3-4,7-8,17H,5-6H2,1-2H3,(H,15,18). The molecule has 0 fully saturated rings. The van der Waals surface area contributed by atoms with Crippen LogP contribution in [-0.4, -0.2) is 35.7 Å². The summed E-state index contributed by atoms with van der Waals surface area (Å²) in [5, 5.41) is 11.7. The molecule has 4 nitrogen and oxygen atoms in total. The van der Waals surface area contributed by atoms with Crippen molar-refractivity contribution in [2.24, 2.45) is 0 Å². The van der Waals surface area contributed by atoms with E-state index in [0.29, 0.717) is 23.1 Å². The highest BCUT2D eigenvalue weighted by Crippen LogP contribution is 2.23. The van der Waals surface area contributed by atoms with Crippen LogP contribution >= 0.6 is 15.9 Å². The number of carbonyl (C=O) groups is 1. The van der Waals surface area contributed by atoms with E-state index >= 15 is 0 Å². The Morgan fingerprint density at radius 2 is 2.28 bits per heavy atom. The topological polar surface area (TPSA) is 52.6 Å². The first-order valence-corrected chi connectivity index (χ1v) is 6.34. The molecule has 0 aliphatic carbocycles. The Labute approximate surface area is 114 Å². The van der Waals surface area contributed by atoms with Crippen LogP contribution in [0.2, 0.25) is 0 Å². The van der Waals surface area contributed by atoms with Crippen molar-refractivity contribution in [2.45, 2.75) is 19.4 Å². The number of aliphatic hydroxyl groups excluding tert-OH is 1. The number of nitrogens with zero attached hydrogens (tertiary/aromatic N) is 1. The minimum atomic E-state index is -0.457. The van der Waals surface area contributed by atoms with Crippen LogP contribution in [0.5, 0.6) is 0 Å². The fourth-order valence-electron chi connectivity index (χ4n) is 1.29. The van der Waals surface area contributed by atoms with Crippen LogP contribution in [0.25, 0.3) is 0 Å². The number of amides is 2. The molecule has 0 bridgehead atoms. The Balaban J connectivity index is 2.61. The third kappa shape index (κ3) is 4.62. The van der Waals surface area contributed by atoms with Gasteiger partial charge in [-0.15, -0.1) is 0 Å². The summed E-state index contributed by atoms with van der Waals surface area (Å²) < 4.78 is 13.6. The molecule has 0 aliphatic rings. The van der Waals surface area contributed by atoms with Gasteiger partial charge in [-0.1, -0.05) is 0 Å². The molecule has 100 valence electrons. The molecule has 0 spiro atoms. The van der Waals surface area contributed by atoms with E-state index in [-0.39, 0.29) is 6.03 Å². The summed E-state index contributed by atoms with van der Waals surface area (Å²) in [6.45, 7) is 2.09. The first kappa shape index (κ1) is 14.9. The number of halogens is 2. The summed E-state index contributed by atoms with van der Waals surface area (Å²) in [6, 6.07) is 3.73. The summed E-state index contributed by atoms with van der Waals surface area (Å²) in [4.78, 5) is 13.2. The van der Waals surface area contributed by atoms with E-state index in [1.807, 2.05) is 0 Å². The lowest BCUT2D eigenvalue weighted by Crippen LogP contribution is -2.33. The van der Waals surface area contributed by atoms with Gasteiger partial charge in [-0.2, -0.15) is 0 Å². The molecule has 1 rings (SSSR count). The summed E-state index contributed by atoms with van der Waals surface area (Å²) >= 11 is 3.23. The van der Waals surface area contributed by atoms with Crippen LogP contribution in [0.4, 0.5) is 14.9 Å². The number of urea groups is 1. The summed E-state index contributed by atoms with van der Waals surface area (Å²) in [5.74, 6) is -0.417. The summed E-state index contributed by atoms with van der Waals surface area (Å²) in [7, 11) is 1.62. The number of anilines is 1. The van der Waals surface area contributed by atoms with Gasteiger partial charge in [-0.3, -0.25) is 0 Å². The molecule has 1 aromatic rings. The van der Waals surface area contributed by atoms with Gasteiger partial charge in [0.05, 0.1) is 11.8 Å². The highest BCUT2D eigenvalue weighted by Gasteiger charge is 2.11. The fourth-order valence-corrected chi connectivity index (χ4v) is 1.63. The average Bonchev–Trinajstić information content (AvgIpc) is 2.30. The lowest BCUT2D eigenvalue weighted by atomic mass is 10.3. The molecule has 0 radical (unpaired) electrons. The molecule has 1 aromatic carbocycles. The lowest BCUT2D eigenvalue weighted by molar-refractivity contribution is 0.167. The maximum Gasteiger partial charge on any atom is 0.321 e. The second-order valence-corrected chi connectivity index (χ2v) is 4.97. The third-order valence-electron chi connectivity index (χ3n) is 2.40. The molecule has 1 unspecified atom stereocenters. The third-order valence-corrected chi connectivity index (χ3v) is 3.09. The fraction of sp³-hybridized carbons (Fsp3) is 0.417. The molecule has 18 heavy (non-hydrogen) atoms. The molecule has 0 saturated carbocycles. The normalized spacial score (nSPS) is 12.1. The van der Waals surface area contributed by atoms with Crippen molar-refractivity contribution in [3.05, 3.63) is 28.5 Å². The van der Waals surface area contributed by atoms with E-state index in [4.69, 9.17) is 5.11 Å². The largest absolute Gasteiger partial charge is 0.393 e. The number of rotatable bonds is 4. The molecule has 2 N–H and O–H groups in total. The van der Waals surface area contributed by atoms with Gasteiger partial charge in [0.25, 0.3) is 0 Å². The molecule has 2 amide bonds. The van der Waals surface area contributed by atoms with E-state index in [0.717, 1.165) is 0 Å². The number of hydrogen-bond donors (Lipinski definition) is 2. The molecular formula is C12H16BrFN2O2. The van der Waals surface area contributed by atoms with Gasteiger partial charge in [-0.25, -0.2) is 9.18 Å². The molecule has 0 saturated heterocycles. The summed E-state index contributed by atoms with van der Waals surface area (Å²) in [5.41, 5.74) is 0.379. The first-order valence-electron chi connectivity index (χ1n) is 5.55. The number of carbonyl (C=O) groups excluding carboxylic acids is 1. The lowest BCUT2D eigenvalue weighted by Gasteiger charge is -2.19. The van der Waals surface area contributed by atoms with Crippen LogP contribution in [0.15, 0.2) is 22.7 Å². The van der Waals surface area contributed by atoms with Crippen LogP contribution in [-0.2, 0) is 0 Å². The van der Waals surface area contributed by atoms with Crippen molar-refractivity contribution in [3.63, 3.8) is 0 Å². The number of aliphatic hydroxyl groups is 1.